The number of aromatic nitrogens is 3. The van der Waals surface area contributed by atoms with Gasteiger partial charge in [0.15, 0.2) is 0 Å². The van der Waals surface area contributed by atoms with E-state index < -0.39 is 0 Å². The zero-order valence-electron chi connectivity index (χ0n) is 18.7. The normalized spacial score (nSPS) is 16.0. The minimum Gasteiger partial charge on any atom is -0.363 e. The predicted molar refractivity (Wildman–Crippen MR) is 124 cm³/mol. The minimum atomic E-state index is 0.144. The molecule has 0 aliphatic carbocycles. The second-order valence-electron chi connectivity index (χ2n) is 8.58. The number of rotatable bonds is 8. The lowest BCUT2D eigenvalue weighted by molar-refractivity contribution is -0.130. The van der Waals surface area contributed by atoms with Gasteiger partial charge in [0.2, 0.25) is 5.91 Å². The topological polar surface area (TPSA) is 77.2 Å². The van der Waals surface area contributed by atoms with Gasteiger partial charge in [0.05, 0.1) is 18.3 Å². The highest BCUT2D eigenvalue weighted by atomic mass is 16.2. The Kier molecular flexibility index (Phi) is 6.51. The first-order chi connectivity index (χ1) is 15.0. The fourth-order valence-corrected chi connectivity index (χ4v) is 4.16. The van der Waals surface area contributed by atoms with E-state index in [2.05, 4.69) is 34.7 Å². The number of aromatic amines is 1. The smallest absolute Gasteiger partial charge is 0.222 e. The highest BCUT2D eigenvalue weighted by Gasteiger charge is 2.21. The van der Waals surface area contributed by atoms with Gasteiger partial charge in [-0.2, -0.15) is 0 Å². The van der Waals surface area contributed by atoms with Gasteiger partial charge in [-0.3, -0.25) is 4.79 Å². The van der Waals surface area contributed by atoms with Gasteiger partial charge in [-0.05, 0) is 43.9 Å². The van der Waals surface area contributed by atoms with E-state index in [9.17, 15) is 4.79 Å². The van der Waals surface area contributed by atoms with Crippen LogP contribution in [0.1, 0.15) is 48.8 Å². The van der Waals surface area contributed by atoms with E-state index in [0.717, 1.165) is 55.1 Å². The summed E-state index contributed by atoms with van der Waals surface area (Å²) in [4.78, 5) is 29.3. The average Bonchev–Trinajstić information content (AvgIpc) is 3.44. The van der Waals surface area contributed by atoms with E-state index in [-0.39, 0.29) is 11.9 Å². The summed E-state index contributed by atoms with van der Waals surface area (Å²) in [6.45, 7) is 1.50. The molecule has 31 heavy (non-hydrogen) atoms. The first kappa shape index (κ1) is 21.3. The predicted octanol–water partition coefficient (Wildman–Crippen LogP) is 3.43. The molecule has 1 amide bonds. The van der Waals surface area contributed by atoms with Gasteiger partial charge in [-0.25, -0.2) is 9.97 Å². The number of H-pyrrole nitrogens is 1. The van der Waals surface area contributed by atoms with E-state index in [4.69, 9.17) is 9.97 Å². The lowest BCUT2D eigenvalue weighted by Crippen LogP contribution is -2.27. The molecule has 1 aliphatic rings. The largest absolute Gasteiger partial charge is 0.363 e. The summed E-state index contributed by atoms with van der Waals surface area (Å²) in [5, 5.41) is 4.71. The Labute approximate surface area is 183 Å². The number of para-hydroxylation sites is 1. The van der Waals surface area contributed by atoms with Crippen molar-refractivity contribution in [3.63, 3.8) is 0 Å². The summed E-state index contributed by atoms with van der Waals surface area (Å²) >= 11 is 0. The molecule has 164 valence electrons. The Bertz CT molecular complexity index is 1040. The van der Waals surface area contributed by atoms with Crippen LogP contribution in [0.15, 0.2) is 36.5 Å². The number of hydrogen-bond acceptors (Lipinski definition) is 5. The van der Waals surface area contributed by atoms with Crippen LogP contribution in [0, 0.1) is 0 Å². The molecule has 2 N–H and O–H groups in total. The van der Waals surface area contributed by atoms with Gasteiger partial charge in [0.1, 0.15) is 11.6 Å². The van der Waals surface area contributed by atoms with Gasteiger partial charge in [0, 0.05) is 50.7 Å². The fourth-order valence-electron chi connectivity index (χ4n) is 4.16. The maximum absolute atomic E-state index is 12.8. The number of nitrogens with zero attached hydrogens (tertiary/aromatic N) is 4. The molecule has 0 radical (unpaired) electrons. The van der Waals surface area contributed by atoms with E-state index in [0.29, 0.717) is 13.0 Å². The van der Waals surface area contributed by atoms with Crippen LogP contribution >= 0.6 is 0 Å². The zero-order chi connectivity index (χ0) is 21.8. The molecule has 1 saturated heterocycles. The van der Waals surface area contributed by atoms with Crippen molar-refractivity contribution in [1.29, 1.82) is 0 Å². The fraction of sp³-hybridized carbons (Fsp3) is 0.458. The van der Waals surface area contributed by atoms with E-state index in [1.54, 1.807) is 4.90 Å². The zero-order valence-corrected chi connectivity index (χ0v) is 18.7. The molecule has 3 heterocycles. The van der Waals surface area contributed by atoms with Crippen molar-refractivity contribution >= 4 is 22.6 Å². The first-order valence-electron chi connectivity index (χ1n) is 11.1. The van der Waals surface area contributed by atoms with Gasteiger partial charge < -0.3 is 20.1 Å². The van der Waals surface area contributed by atoms with Gasteiger partial charge in [-0.15, -0.1) is 0 Å². The number of fused-ring (bicyclic) bond motifs is 1. The van der Waals surface area contributed by atoms with Crippen LogP contribution in [0.5, 0.6) is 0 Å². The molecule has 0 bridgehead atoms. The summed E-state index contributed by atoms with van der Waals surface area (Å²) < 4.78 is 0. The van der Waals surface area contributed by atoms with Crippen LogP contribution in [0.4, 0.5) is 5.82 Å². The van der Waals surface area contributed by atoms with Crippen molar-refractivity contribution in [2.75, 3.05) is 32.6 Å². The molecule has 7 nitrogen and oxygen atoms in total. The summed E-state index contributed by atoms with van der Waals surface area (Å²) in [6, 6.07) is 10.5. The van der Waals surface area contributed by atoms with Crippen molar-refractivity contribution in [3.8, 4) is 0 Å². The summed E-state index contributed by atoms with van der Waals surface area (Å²) in [6.07, 6.45) is 6.50. The molecule has 1 atom stereocenters. The van der Waals surface area contributed by atoms with Crippen LogP contribution < -0.4 is 10.2 Å². The van der Waals surface area contributed by atoms with Gasteiger partial charge >= 0.3 is 0 Å². The first-order valence-corrected chi connectivity index (χ1v) is 11.1. The Morgan fingerprint density at radius 3 is 2.81 bits per heavy atom. The number of amides is 1. The molecule has 1 aromatic carbocycles. The number of anilines is 1. The minimum absolute atomic E-state index is 0.144. The van der Waals surface area contributed by atoms with Crippen LogP contribution in [0.2, 0.25) is 0 Å². The molecule has 0 spiro atoms. The van der Waals surface area contributed by atoms with Crippen LogP contribution in [-0.2, 0) is 17.8 Å². The Balaban J connectivity index is 1.36. The van der Waals surface area contributed by atoms with Crippen molar-refractivity contribution in [2.45, 2.75) is 44.7 Å². The van der Waals surface area contributed by atoms with Crippen LogP contribution in [0.3, 0.4) is 0 Å². The summed E-state index contributed by atoms with van der Waals surface area (Å²) in [5.74, 6) is 1.86. The number of aryl methyl sites for hydroxylation is 1. The highest BCUT2D eigenvalue weighted by Crippen LogP contribution is 2.23. The number of hydrogen-bond donors (Lipinski definition) is 2. The molecule has 1 unspecified atom stereocenters. The third-order valence-corrected chi connectivity index (χ3v) is 5.95. The Hall–Kier alpha value is -2.93. The summed E-state index contributed by atoms with van der Waals surface area (Å²) in [7, 11) is 5.83. The molecule has 1 aliphatic heterocycles. The molecule has 1 fully saturated rings. The molecule has 0 saturated carbocycles. The molecular formula is C24H32N6O. The maximum atomic E-state index is 12.8. The monoisotopic (exact) mass is 420 g/mol. The Morgan fingerprint density at radius 1 is 1.19 bits per heavy atom. The molecule has 7 heteroatoms. The number of carbonyl (C=O) groups excluding carboxylic acids is 1. The molecule has 3 aromatic rings. The summed E-state index contributed by atoms with van der Waals surface area (Å²) in [5.41, 5.74) is 3.30. The van der Waals surface area contributed by atoms with E-state index in [1.165, 1.54) is 10.9 Å². The second-order valence-corrected chi connectivity index (χ2v) is 8.58. The lowest BCUT2D eigenvalue weighted by atomic mass is 10.1. The number of benzene rings is 1. The number of nitrogens with one attached hydrogen (secondary N) is 2. The van der Waals surface area contributed by atoms with E-state index in [1.807, 2.05) is 38.2 Å². The van der Waals surface area contributed by atoms with Crippen LogP contribution in [-0.4, -0.2) is 53.4 Å². The van der Waals surface area contributed by atoms with E-state index >= 15 is 0 Å². The van der Waals surface area contributed by atoms with Crippen molar-refractivity contribution in [2.24, 2.45) is 0 Å². The molecule has 4 rings (SSSR count). The van der Waals surface area contributed by atoms with Crippen molar-refractivity contribution < 1.29 is 4.79 Å². The highest BCUT2D eigenvalue weighted by molar-refractivity contribution is 5.83. The van der Waals surface area contributed by atoms with Crippen molar-refractivity contribution in [3.05, 3.63) is 53.6 Å². The average molecular weight is 421 g/mol. The third kappa shape index (κ3) is 5.05. The van der Waals surface area contributed by atoms with Crippen molar-refractivity contribution in [1.82, 2.24) is 25.2 Å². The third-order valence-electron chi connectivity index (χ3n) is 5.95. The molecule has 2 aromatic heterocycles. The maximum Gasteiger partial charge on any atom is 0.222 e. The quantitative estimate of drug-likeness (QED) is 0.584. The molecular weight excluding hydrogens is 388 g/mol. The number of carbonyl (C=O) groups is 1. The lowest BCUT2D eigenvalue weighted by Gasteiger charge is -2.20. The van der Waals surface area contributed by atoms with Crippen LogP contribution in [0.25, 0.3) is 10.9 Å². The Morgan fingerprint density at radius 2 is 2.03 bits per heavy atom. The second kappa shape index (κ2) is 9.47. The standard InChI is InChI=1S/C24H32N6O/c1-29(2)22-14-18(27-24(28-22)21-11-7-13-25-21)16-30(3)23(31)12-6-8-17-15-26-20-10-5-4-9-19(17)20/h4-5,9-10,14-15,21,25-26H,6-8,11-13,16H2,1-3H3. The van der Waals surface area contributed by atoms with Gasteiger partial charge in [0.25, 0.3) is 0 Å². The van der Waals surface area contributed by atoms with Gasteiger partial charge in [-0.1, -0.05) is 18.2 Å². The SMILES string of the molecule is CN(Cc1cc(N(C)C)nc(C2CCCN2)n1)C(=O)CCCc1c[nH]c2ccccc12.